The molecule has 5 nitrogen and oxygen atoms in total. The fourth-order valence-electron chi connectivity index (χ4n) is 2.12. The van der Waals surface area contributed by atoms with Crippen molar-refractivity contribution in [2.45, 2.75) is 26.9 Å². The number of carbonyl (C=O) groups excluding carboxylic acids is 2. The van der Waals surface area contributed by atoms with Gasteiger partial charge in [-0.05, 0) is 44.5 Å². The van der Waals surface area contributed by atoms with Crippen LogP contribution in [0.25, 0.3) is 6.08 Å². The molecule has 0 saturated heterocycles. The van der Waals surface area contributed by atoms with Crippen LogP contribution in [0.5, 0.6) is 0 Å². The van der Waals surface area contributed by atoms with Gasteiger partial charge in [0.15, 0.2) is 6.10 Å². The Hall–Kier alpha value is -3.39. The Balaban J connectivity index is 2.01. The molecule has 0 aliphatic rings. The molecular formula is C21H20N2O3. The number of carbonyl (C=O) groups is 2. The van der Waals surface area contributed by atoms with Crippen LogP contribution < -0.4 is 5.32 Å². The first-order valence-corrected chi connectivity index (χ1v) is 8.16. The van der Waals surface area contributed by atoms with Gasteiger partial charge in [-0.2, -0.15) is 5.26 Å². The van der Waals surface area contributed by atoms with Crippen LogP contribution >= 0.6 is 0 Å². The monoisotopic (exact) mass is 348 g/mol. The maximum Gasteiger partial charge on any atom is 0.349 e. The first-order chi connectivity index (χ1) is 12.4. The third-order valence-electron chi connectivity index (χ3n) is 3.70. The number of esters is 1. The Labute approximate surface area is 152 Å². The number of amides is 1. The summed E-state index contributed by atoms with van der Waals surface area (Å²) in [4.78, 5) is 24.3. The number of hydrogen-bond donors (Lipinski definition) is 1. The fraction of sp³-hybridized carbons (Fsp3) is 0.190. The third kappa shape index (κ3) is 5.32. The summed E-state index contributed by atoms with van der Waals surface area (Å²) >= 11 is 0. The van der Waals surface area contributed by atoms with Crippen molar-refractivity contribution in [1.29, 1.82) is 5.26 Å². The second-order valence-electron chi connectivity index (χ2n) is 5.98. The molecule has 0 aliphatic heterocycles. The van der Waals surface area contributed by atoms with Gasteiger partial charge in [-0.3, -0.25) is 4.79 Å². The van der Waals surface area contributed by atoms with E-state index in [0.717, 1.165) is 11.1 Å². The maximum absolute atomic E-state index is 12.2. The molecule has 0 aliphatic carbocycles. The van der Waals surface area contributed by atoms with E-state index < -0.39 is 18.0 Å². The number of benzene rings is 2. The predicted octanol–water partition coefficient (Wildman–Crippen LogP) is 3.78. The number of nitriles is 1. The molecule has 0 fully saturated rings. The molecule has 0 aromatic heterocycles. The number of hydrogen-bond acceptors (Lipinski definition) is 4. The van der Waals surface area contributed by atoms with Gasteiger partial charge in [0.2, 0.25) is 0 Å². The number of ether oxygens (including phenoxy) is 1. The van der Waals surface area contributed by atoms with E-state index in [4.69, 9.17) is 4.74 Å². The number of rotatable bonds is 5. The van der Waals surface area contributed by atoms with Gasteiger partial charge in [-0.25, -0.2) is 4.79 Å². The van der Waals surface area contributed by atoms with E-state index in [1.165, 1.54) is 13.0 Å². The lowest BCUT2D eigenvalue weighted by molar-refractivity contribution is -0.148. The van der Waals surface area contributed by atoms with Crippen molar-refractivity contribution in [2.75, 3.05) is 5.32 Å². The minimum absolute atomic E-state index is 0.163. The summed E-state index contributed by atoms with van der Waals surface area (Å²) in [6.45, 7) is 5.35. The van der Waals surface area contributed by atoms with Crippen molar-refractivity contribution >= 4 is 23.6 Å². The SMILES string of the molecule is Cc1ccc(/C=C(\C#N)C(=O)O[C@@H](C)C(=O)Nc2ccc(C)cc2)cc1. The number of anilines is 1. The molecule has 2 aromatic rings. The first kappa shape index (κ1) is 18.9. The largest absolute Gasteiger partial charge is 0.448 e. The van der Waals surface area contributed by atoms with Crippen molar-refractivity contribution in [3.8, 4) is 6.07 Å². The Morgan fingerprint density at radius 2 is 1.58 bits per heavy atom. The minimum Gasteiger partial charge on any atom is -0.448 e. The highest BCUT2D eigenvalue weighted by atomic mass is 16.5. The zero-order valence-electron chi connectivity index (χ0n) is 14.9. The average Bonchev–Trinajstić information content (AvgIpc) is 2.62. The van der Waals surface area contributed by atoms with Crippen LogP contribution in [0.3, 0.4) is 0 Å². The van der Waals surface area contributed by atoms with Gasteiger partial charge in [0, 0.05) is 5.69 Å². The second kappa shape index (κ2) is 8.63. The highest BCUT2D eigenvalue weighted by molar-refractivity contribution is 6.01. The van der Waals surface area contributed by atoms with Gasteiger partial charge in [0.05, 0.1) is 0 Å². The van der Waals surface area contributed by atoms with E-state index in [2.05, 4.69) is 5.32 Å². The van der Waals surface area contributed by atoms with E-state index in [-0.39, 0.29) is 5.57 Å². The molecular weight excluding hydrogens is 328 g/mol. The average molecular weight is 348 g/mol. The van der Waals surface area contributed by atoms with Crippen LogP contribution in [0, 0.1) is 25.2 Å². The van der Waals surface area contributed by atoms with E-state index in [0.29, 0.717) is 11.3 Å². The van der Waals surface area contributed by atoms with Crippen LogP contribution in [-0.4, -0.2) is 18.0 Å². The summed E-state index contributed by atoms with van der Waals surface area (Å²) in [5.74, 6) is -1.30. The molecule has 1 atom stereocenters. The predicted molar refractivity (Wildman–Crippen MR) is 100 cm³/mol. The summed E-state index contributed by atoms with van der Waals surface area (Å²) in [7, 11) is 0. The molecule has 2 aromatic carbocycles. The summed E-state index contributed by atoms with van der Waals surface area (Å²) in [5, 5.41) is 11.9. The third-order valence-corrected chi connectivity index (χ3v) is 3.70. The maximum atomic E-state index is 12.2. The molecule has 0 bridgehead atoms. The molecule has 5 heteroatoms. The van der Waals surface area contributed by atoms with Gasteiger partial charge < -0.3 is 10.1 Å². The standard InChI is InChI=1S/C21H20N2O3/c1-14-4-8-17(9-5-14)12-18(13-22)21(25)26-16(3)20(24)23-19-10-6-15(2)7-11-19/h4-12,16H,1-3H3,(H,23,24)/b18-12+/t16-/m0/s1. The molecule has 1 N–H and O–H groups in total. The molecule has 0 saturated carbocycles. The normalized spacial score (nSPS) is 12.0. The van der Waals surface area contributed by atoms with Crippen molar-refractivity contribution < 1.29 is 14.3 Å². The molecule has 0 spiro atoms. The van der Waals surface area contributed by atoms with Crippen molar-refractivity contribution in [3.63, 3.8) is 0 Å². The molecule has 0 unspecified atom stereocenters. The summed E-state index contributed by atoms with van der Waals surface area (Å²) in [6, 6.07) is 16.4. The van der Waals surface area contributed by atoms with Crippen molar-refractivity contribution in [2.24, 2.45) is 0 Å². The lowest BCUT2D eigenvalue weighted by Gasteiger charge is -2.13. The second-order valence-corrected chi connectivity index (χ2v) is 5.98. The van der Waals surface area contributed by atoms with E-state index in [1.54, 1.807) is 24.3 Å². The Bertz CT molecular complexity index is 860. The van der Waals surface area contributed by atoms with E-state index in [1.807, 2.05) is 44.2 Å². The van der Waals surface area contributed by atoms with Crippen LogP contribution in [-0.2, 0) is 14.3 Å². The van der Waals surface area contributed by atoms with E-state index >= 15 is 0 Å². The molecule has 2 rings (SSSR count). The minimum atomic E-state index is -1.03. The van der Waals surface area contributed by atoms with Gasteiger partial charge in [0.1, 0.15) is 11.6 Å². The highest BCUT2D eigenvalue weighted by Gasteiger charge is 2.20. The quantitative estimate of drug-likeness (QED) is 0.507. The molecule has 26 heavy (non-hydrogen) atoms. The summed E-state index contributed by atoms with van der Waals surface area (Å²) < 4.78 is 5.12. The lowest BCUT2D eigenvalue weighted by atomic mass is 10.1. The molecule has 0 heterocycles. The van der Waals surface area contributed by atoms with Gasteiger partial charge in [0.25, 0.3) is 5.91 Å². The topological polar surface area (TPSA) is 79.2 Å². The fourth-order valence-corrected chi connectivity index (χ4v) is 2.12. The van der Waals surface area contributed by atoms with Crippen LogP contribution in [0.1, 0.15) is 23.6 Å². The van der Waals surface area contributed by atoms with Gasteiger partial charge in [-0.15, -0.1) is 0 Å². The number of nitrogens with one attached hydrogen (secondary N) is 1. The van der Waals surface area contributed by atoms with Crippen LogP contribution in [0.4, 0.5) is 5.69 Å². The first-order valence-electron chi connectivity index (χ1n) is 8.16. The highest BCUT2D eigenvalue weighted by Crippen LogP contribution is 2.12. The Kier molecular flexibility index (Phi) is 6.29. The van der Waals surface area contributed by atoms with Gasteiger partial charge in [-0.1, -0.05) is 47.5 Å². The molecule has 132 valence electrons. The zero-order chi connectivity index (χ0) is 19.1. The summed E-state index contributed by atoms with van der Waals surface area (Å²) in [5.41, 5.74) is 3.30. The van der Waals surface area contributed by atoms with Crippen LogP contribution in [0.15, 0.2) is 54.1 Å². The smallest absolute Gasteiger partial charge is 0.349 e. The van der Waals surface area contributed by atoms with Crippen molar-refractivity contribution in [1.82, 2.24) is 0 Å². The molecule has 0 radical (unpaired) electrons. The summed E-state index contributed by atoms with van der Waals surface area (Å²) in [6.07, 6.45) is 0.408. The molecule has 1 amide bonds. The van der Waals surface area contributed by atoms with E-state index in [9.17, 15) is 14.9 Å². The van der Waals surface area contributed by atoms with Gasteiger partial charge >= 0.3 is 5.97 Å². The Morgan fingerprint density at radius 3 is 2.12 bits per heavy atom. The number of aryl methyl sites for hydroxylation is 2. The zero-order valence-corrected chi connectivity index (χ0v) is 14.9. The van der Waals surface area contributed by atoms with Crippen LogP contribution in [0.2, 0.25) is 0 Å². The Morgan fingerprint density at radius 1 is 1.04 bits per heavy atom. The van der Waals surface area contributed by atoms with Crippen molar-refractivity contribution in [3.05, 3.63) is 70.8 Å². The lowest BCUT2D eigenvalue weighted by Crippen LogP contribution is -2.30. The number of nitrogens with zero attached hydrogens (tertiary/aromatic N) is 1.